The second-order valence-corrected chi connectivity index (χ2v) is 9.10. The highest BCUT2D eigenvalue weighted by Crippen LogP contribution is 2.40. The van der Waals surface area contributed by atoms with E-state index >= 15 is 0 Å². The van der Waals surface area contributed by atoms with Gasteiger partial charge in [-0.1, -0.05) is 37.7 Å². The Balaban J connectivity index is 1.91. The molecular weight excluding hydrogens is 292 g/mol. The molecule has 0 unspecified atom stereocenters. The molecule has 2 aliphatic rings. The number of amidine groups is 1. The maximum atomic E-state index is 11.8. The average molecular weight is 310 g/mol. The fraction of sp³-hybridized carbons (Fsp3) is 0.500. The van der Waals surface area contributed by atoms with Gasteiger partial charge in [0, 0.05) is 10.9 Å². The Morgan fingerprint density at radius 2 is 1.90 bits per heavy atom. The minimum Gasteiger partial charge on any atom is -0.316 e. The van der Waals surface area contributed by atoms with E-state index in [0.29, 0.717) is 11.1 Å². The number of sulfone groups is 1. The number of benzene rings is 1. The maximum absolute atomic E-state index is 11.8. The van der Waals surface area contributed by atoms with Gasteiger partial charge in [0.1, 0.15) is 0 Å². The van der Waals surface area contributed by atoms with Crippen molar-refractivity contribution >= 4 is 32.5 Å². The lowest BCUT2D eigenvalue weighted by Crippen LogP contribution is -2.37. The summed E-state index contributed by atoms with van der Waals surface area (Å²) in [7, 11) is -2.95. The molecule has 0 aromatic heterocycles. The summed E-state index contributed by atoms with van der Waals surface area (Å²) in [4.78, 5) is 1.88. The number of hydrogen-bond acceptors (Lipinski definition) is 4. The van der Waals surface area contributed by atoms with E-state index in [1.807, 2.05) is 17.0 Å². The molecule has 2 fully saturated rings. The normalized spacial score (nSPS) is 28.1. The van der Waals surface area contributed by atoms with E-state index in [9.17, 15) is 8.42 Å². The highest BCUT2D eigenvalue weighted by atomic mass is 32.2. The number of fused-ring (bicyclic) bond motifs is 1. The smallest absolute Gasteiger partial charge is 0.161 e. The predicted octanol–water partition coefficient (Wildman–Crippen LogP) is 2.46. The zero-order chi connectivity index (χ0) is 14.5. The Morgan fingerprint density at radius 1 is 1.25 bits per heavy atom. The second kappa shape index (κ2) is 4.77. The summed E-state index contributed by atoms with van der Waals surface area (Å²) in [6.45, 7) is 4.28. The quantitative estimate of drug-likeness (QED) is 0.911. The lowest BCUT2D eigenvalue weighted by atomic mass is 10.0. The monoisotopic (exact) mass is 310 g/mol. The number of hydrogen-bond donors (Lipinski definition) is 1. The highest BCUT2D eigenvalue weighted by molar-refractivity contribution is 8.15. The second-order valence-electron chi connectivity index (χ2n) is 5.72. The van der Waals surface area contributed by atoms with Crippen molar-refractivity contribution in [3.05, 3.63) is 29.8 Å². The van der Waals surface area contributed by atoms with Crippen LogP contribution in [0.5, 0.6) is 0 Å². The van der Waals surface area contributed by atoms with Crippen LogP contribution in [0.25, 0.3) is 0 Å². The molecule has 6 heteroatoms. The Bertz CT molecular complexity index is 638. The first kappa shape index (κ1) is 13.9. The summed E-state index contributed by atoms with van der Waals surface area (Å²) in [6, 6.07) is 8.04. The van der Waals surface area contributed by atoms with Crippen molar-refractivity contribution in [2.45, 2.75) is 31.1 Å². The molecule has 3 rings (SSSR count). The molecule has 1 aromatic rings. The first-order valence-electron chi connectivity index (χ1n) is 6.72. The van der Waals surface area contributed by atoms with Crippen molar-refractivity contribution < 1.29 is 8.42 Å². The molecule has 2 aliphatic heterocycles. The largest absolute Gasteiger partial charge is 0.316 e. The predicted molar refractivity (Wildman–Crippen MR) is 84.6 cm³/mol. The number of anilines is 1. The van der Waals surface area contributed by atoms with Crippen LogP contribution in [-0.4, -0.2) is 36.4 Å². The van der Waals surface area contributed by atoms with Crippen LogP contribution in [0.2, 0.25) is 0 Å². The highest BCUT2D eigenvalue weighted by Gasteiger charge is 2.48. The minimum absolute atomic E-state index is 0.0114. The third-order valence-corrected chi connectivity index (χ3v) is 7.05. The molecule has 1 N–H and O–H groups in total. The number of nitrogens with one attached hydrogen (secondary N) is 1. The van der Waals surface area contributed by atoms with Crippen LogP contribution in [0.3, 0.4) is 0 Å². The molecule has 0 saturated carbocycles. The molecule has 2 heterocycles. The molecule has 0 amide bonds. The first-order chi connectivity index (χ1) is 9.37. The molecular formula is C14H18N2O2S2. The molecule has 0 bridgehead atoms. The fourth-order valence-corrected chi connectivity index (χ4v) is 6.62. The molecule has 2 atom stereocenters. The average Bonchev–Trinajstić information content (AvgIpc) is 2.79. The summed E-state index contributed by atoms with van der Waals surface area (Å²) >= 11 is 1.38. The third-order valence-electron chi connectivity index (χ3n) is 3.92. The fourth-order valence-electron chi connectivity index (χ4n) is 2.83. The van der Waals surface area contributed by atoms with Crippen molar-refractivity contribution in [2.75, 3.05) is 16.4 Å². The summed E-state index contributed by atoms with van der Waals surface area (Å²) in [5.41, 5.74) is 2.18. The van der Waals surface area contributed by atoms with Gasteiger partial charge in [0.2, 0.25) is 0 Å². The van der Waals surface area contributed by atoms with E-state index in [2.05, 4.69) is 26.0 Å². The van der Waals surface area contributed by atoms with E-state index in [4.69, 9.17) is 5.41 Å². The molecule has 0 radical (unpaired) electrons. The number of nitrogens with zero attached hydrogens (tertiary/aromatic N) is 1. The zero-order valence-electron chi connectivity index (χ0n) is 11.5. The molecule has 4 nitrogen and oxygen atoms in total. The molecule has 108 valence electrons. The van der Waals surface area contributed by atoms with Gasteiger partial charge in [0.05, 0.1) is 17.5 Å². The molecule has 1 aromatic carbocycles. The van der Waals surface area contributed by atoms with Gasteiger partial charge in [-0.05, 0) is 23.6 Å². The summed E-state index contributed by atoms with van der Waals surface area (Å²) < 4.78 is 23.5. The summed E-state index contributed by atoms with van der Waals surface area (Å²) in [5, 5.41) is 8.58. The molecule has 0 aliphatic carbocycles. The molecule has 0 spiro atoms. The Kier molecular flexibility index (Phi) is 3.33. The van der Waals surface area contributed by atoms with Gasteiger partial charge in [-0.3, -0.25) is 5.41 Å². The van der Waals surface area contributed by atoms with Gasteiger partial charge in [-0.2, -0.15) is 0 Å². The van der Waals surface area contributed by atoms with Crippen LogP contribution in [0, 0.1) is 5.41 Å². The number of rotatable bonds is 2. The van der Waals surface area contributed by atoms with Crippen LogP contribution in [-0.2, 0) is 9.84 Å². The van der Waals surface area contributed by atoms with E-state index in [1.54, 1.807) is 0 Å². The number of thioether (sulfide) groups is 1. The van der Waals surface area contributed by atoms with Crippen LogP contribution in [0.15, 0.2) is 24.3 Å². The third kappa shape index (κ3) is 2.35. The van der Waals surface area contributed by atoms with Crippen LogP contribution in [0.1, 0.15) is 25.3 Å². The first-order valence-corrected chi connectivity index (χ1v) is 9.42. The van der Waals surface area contributed by atoms with Crippen LogP contribution >= 0.6 is 11.8 Å². The Labute approximate surface area is 124 Å². The van der Waals surface area contributed by atoms with E-state index in [0.717, 1.165) is 5.69 Å². The standard InChI is InChI=1S/C14H18N2O2S2/c1-9(2)10-3-5-11(6-4-10)16-12-7-20(17,18)8-13(12)19-14(16)15/h3-6,9,12-13,15H,7-8H2,1-2H3/t12-,13-/m1/s1. The van der Waals surface area contributed by atoms with Crippen molar-refractivity contribution in [2.24, 2.45) is 0 Å². The topological polar surface area (TPSA) is 61.2 Å². The van der Waals surface area contributed by atoms with Gasteiger partial charge in [-0.15, -0.1) is 0 Å². The van der Waals surface area contributed by atoms with Gasteiger partial charge >= 0.3 is 0 Å². The van der Waals surface area contributed by atoms with E-state index in [-0.39, 0.29) is 22.8 Å². The summed E-state index contributed by atoms with van der Waals surface area (Å²) in [6.07, 6.45) is 0. The molecule has 20 heavy (non-hydrogen) atoms. The lowest BCUT2D eigenvalue weighted by Gasteiger charge is -2.24. The Hall–Kier alpha value is -1.01. The molecule has 2 saturated heterocycles. The lowest BCUT2D eigenvalue weighted by molar-refractivity contribution is 0.601. The van der Waals surface area contributed by atoms with Crippen molar-refractivity contribution in [1.29, 1.82) is 5.41 Å². The van der Waals surface area contributed by atoms with E-state index in [1.165, 1.54) is 17.3 Å². The minimum atomic E-state index is -2.95. The van der Waals surface area contributed by atoms with Crippen molar-refractivity contribution in [3.8, 4) is 0 Å². The van der Waals surface area contributed by atoms with Gasteiger partial charge in [-0.25, -0.2) is 8.42 Å². The van der Waals surface area contributed by atoms with Crippen molar-refractivity contribution in [3.63, 3.8) is 0 Å². The Morgan fingerprint density at radius 3 is 2.50 bits per heavy atom. The zero-order valence-corrected chi connectivity index (χ0v) is 13.2. The van der Waals surface area contributed by atoms with Crippen LogP contribution < -0.4 is 4.90 Å². The van der Waals surface area contributed by atoms with Gasteiger partial charge in [0.25, 0.3) is 0 Å². The van der Waals surface area contributed by atoms with Gasteiger partial charge in [0.15, 0.2) is 15.0 Å². The van der Waals surface area contributed by atoms with Crippen molar-refractivity contribution in [1.82, 2.24) is 0 Å². The van der Waals surface area contributed by atoms with Gasteiger partial charge < -0.3 is 4.90 Å². The van der Waals surface area contributed by atoms with Crippen LogP contribution in [0.4, 0.5) is 5.69 Å². The van der Waals surface area contributed by atoms with E-state index < -0.39 is 9.84 Å². The SMILES string of the molecule is CC(C)c1ccc(N2C(=N)S[C@@H]3CS(=O)(=O)C[C@H]32)cc1. The maximum Gasteiger partial charge on any atom is 0.161 e. The summed E-state index contributed by atoms with van der Waals surface area (Å²) in [5.74, 6) is 0.834.